The predicted molar refractivity (Wildman–Crippen MR) is 122 cm³/mol. The molecule has 0 bridgehead atoms. The maximum atomic E-state index is 6.60. The number of halogens is 2. The zero-order chi connectivity index (χ0) is 20.0. The van der Waals surface area contributed by atoms with Crippen molar-refractivity contribution in [2.45, 2.75) is 19.4 Å². The van der Waals surface area contributed by atoms with Gasteiger partial charge in [-0.25, -0.2) is 0 Å². The largest absolute Gasteiger partial charge is 0.360 e. The lowest BCUT2D eigenvalue weighted by Crippen LogP contribution is -2.19. The molecule has 0 spiro atoms. The van der Waals surface area contributed by atoms with Gasteiger partial charge in [0.05, 0.1) is 27.5 Å². The molecule has 29 heavy (non-hydrogen) atoms. The van der Waals surface area contributed by atoms with E-state index < -0.39 is 0 Å². The van der Waals surface area contributed by atoms with E-state index in [2.05, 4.69) is 59.4 Å². The van der Waals surface area contributed by atoms with Crippen LogP contribution in [0.1, 0.15) is 29.2 Å². The van der Waals surface area contributed by atoms with Crippen molar-refractivity contribution >= 4 is 45.5 Å². The molecule has 0 saturated carbocycles. The number of benzene rings is 3. The molecule has 0 fully saturated rings. The van der Waals surface area contributed by atoms with Gasteiger partial charge in [0.15, 0.2) is 0 Å². The predicted octanol–water partition coefficient (Wildman–Crippen LogP) is 7.14. The van der Waals surface area contributed by atoms with Crippen LogP contribution in [0, 0.1) is 6.92 Å². The van der Waals surface area contributed by atoms with E-state index in [0.717, 1.165) is 34.5 Å². The van der Waals surface area contributed by atoms with Crippen LogP contribution in [0.25, 0.3) is 10.9 Å². The Hall–Kier alpha value is -2.75. The number of anilines is 1. The van der Waals surface area contributed by atoms with Crippen LogP contribution in [0.15, 0.2) is 78.0 Å². The Balaban J connectivity index is 1.63. The number of rotatable bonds is 3. The van der Waals surface area contributed by atoms with Crippen molar-refractivity contribution < 1.29 is 0 Å². The number of H-pyrrole nitrogens is 1. The standard InChI is InChI=1S/C24H19Cl2N3/c1-15-9-11-16(12-10-15)29-23(18-6-4-7-20(25)24(18)26)13-22(28-29)19-14-27-21-8-3-2-5-17(19)21/h2-12,14,23,27H,13H2,1H3. The van der Waals surface area contributed by atoms with E-state index in [1.807, 2.05) is 30.5 Å². The Labute approximate surface area is 179 Å². The number of hydrazone groups is 1. The number of hydrogen-bond acceptors (Lipinski definition) is 2. The Morgan fingerprint density at radius 1 is 0.966 bits per heavy atom. The number of nitrogens with one attached hydrogen (secondary N) is 1. The minimum absolute atomic E-state index is 0.0208. The van der Waals surface area contributed by atoms with Crippen LogP contribution in [0.5, 0.6) is 0 Å². The van der Waals surface area contributed by atoms with Crippen molar-refractivity contribution in [1.29, 1.82) is 0 Å². The number of fused-ring (bicyclic) bond motifs is 1. The summed E-state index contributed by atoms with van der Waals surface area (Å²) in [6, 6.07) is 22.5. The lowest BCUT2D eigenvalue weighted by molar-refractivity contribution is 0.709. The second-order valence-corrected chi connectivity index (χ2v) is 8.12. The Kier molecular flexibility index (Phi) is 4.57. The molecule has 0 saturated heterocycles. The number of aromatic nitrogens is 1. The third kappa shape index (κ3) is 3.21. The molecule has 3 aromatic carbocycles. The molecule has 0 radical (unpaired) electrons. The molecule has 5 rings (SSSR count). The number of aryl methyl sites for hydroxylation is 1. The SMILES string of the molecule is Cc1ccc(N2N=C(c3c[nH]c4ccccc34)CC2c2cccc(Cl)c2Cl)cc1. The van der Waals surface area contributed by atoms with Crippen molar-refractivity contribution in [1.82, 2.24) is 4.98 Å². The maximum Gasteiger partial charge on any atom is 0.0846 e. The quantitative estimate of drug-likeness (QED) is 0.375. The average Bonchev–Trinajstić information content (AvgIpc) is 3.35. The van der Waals surface area contributed by atoms with Gasteiger partial charge in [0.1, 0.15) is 0 Å². The summed E-state index contributed by atoms with van der Waals surface area (Å²) in [6.07, 6.45) is 2.79. The molecule has 0 amide bonds. The number of nitrogens with zero attached hydrogens (tertiary/aromatic N) is 2. The van der Waals surface area contributed by atoms with Crippen molar-refractivity contribution in [2.24, 2.45) is 5.10 Å². The zero-order valence-corrected chi connectivity index (χ0v) is 17.4. The first kappa shape index (κ1) is 18.3. The van der Waals surface area contributed by atoms with Gasteiger partial charge in [-0.2, -0.15) is 5.10 Å². The van der Waals surface area contributed by atoms with E-state index in [0.29, 0.717) is 10.0 Å². The molecular weight excluding hydrogens is 401 g/mol. The second kappa shape index (κ2) is 7.25. The van der Waals surface area contributed by atoms with E-state index in [1.165, 1.54) is 10.9 Å². The Bertz CT molecular complexity index is 1220. The fourth-order valence-corrected chi connectivity index (χ4v) is 4.37. The molecule has 0 aliphatic carbocycles. The van der Waals surface area contributed by atoms with E-state index >= 15 is 0 Å². The summed E-state index contributed by atoms with van der Waals surface area (Å²) >= 11 is 12.9. The molecule has 1 aliphatic rings. The monoisotopic (exact) mass is 419 g/mol. The van der Waals surface area contributed by atoms with E-state index in [1.54, 1.807) is 0 Å². The molecule has 1 aromatic heterocycles. The third-order valence-corrected chi connectivity index (χ3v) is 6.28. The smallest absolute Gasteiger partial charge is 0.0846 e. The summed E-state index contributed by atoms with van der Waals surface area (Å²) in [5, 5.41) is 9.43. The molecule has 1 atom stereocenters. The van der Waals surface area contributed by atoms with Gasteiger partial charge in [-0.3, -0.25) is 5.01 Å². The molecule has 4 aromatic rings. The summed E-state index contributed by atoms with van der Waals surface area (Å²) in [5.74, 6) is 0. The van der Waals surface area contributed by atoms with E-state index in [-0.39, 0.29) is 6.04 Å². The third-order valence-electron chi connectivity index (χ3n) is 5.45. The van der Waals surface area contributed by atoms with Gasteiger partial charge in [0.25, 0.3) is 0 Å². The topological polar surface area (TPSA) is 31.4 Å². The lowest BCUT2D eigenvalue weighted by Gasteiger charge is -2.25. The molecule has 5 heteroatoms. The van der Waals surface area contributed by atoms with Crippen molar-refractivity contribution in [3.05, 3.63) is 99.7 Å². The highest BCUT2D eigenvalue weighted by Gasteiger charge is 2.32. The van der Waals surface area contributed by atoms with Crippen molar-refractivity contribution in [3.8, 4) is 0 Å². The van der Waals surface area contributed by atoms with Gasteiger partial charge in [0.2, 0.25) is 0 Å². The molecule has 1 unspecified atom stereocenters. The summed E-state index contributed by atoms with van der Waals surface area (Å²) < 4.78 is 0. The summed E-state index contributed by atoms with van der Waals surface area (Å²) in [7, 11) is 0. The highest BCUT2D eigenvalue weighted by Crippen LogP contribution is 2.41. The summed E-state index contributed by atoms with van der Waals surface area (Å²) in [5.41, 5.74) is 6.50. The number of para-hydroxylation sites is 1. The highest BCUT2D eigenvalue weighted by molar-refractivity contribution is 6.42. The molecule has 144 valence electrons. The van der Waals surface area contributed by atoms with E-state index in [9.17, 15) is 0 Å². The van der Waals surface area contributed by atoms with Crippen LogP contribution in [0.3, 0.4) is 0 Å². The second-order valence-electron chi connectivity index (χ2n) is 7.34. The van der Waals surface area contributed by atoms with E-state index in [4.69, 9.17) is 28.3 Å². The molecule has 3 nitrogen and oxygen atoms in total. The molecular formula is C24H19Cl2N3. The van der Waals surface area contributed by atoms with Gasteiger partial charge in [-0.05, 0) is 36.8 Å². The molecule has 1 aliphatic heterocycles. The van der Waals surface area contributed by atoms with Crippen molar-refractivity contribution in [3.63, 3.8) is 0 Å². The first-order chi connectivity index (χ1) is 14.1. The highest BCUT2D eigenvalue weighted by atomic mass is 35.5. The Morgan fingerprint density at radius 2 is 1.76 bits per heavy atom. The van der Waals surface area contributed by atoms with Crippen LogP contribution in [0.4, 0.5) is 5.69 Å². The summed E-state index contributed by atoms with van der Waals surface area (Å²) in [6.45, 7) is 2.08. The van der Waals surface area contributed by atoms with Crippen LogP contribution in [0.2, 0.25) is 10.0 Å². The van der Waals surface area contributed by atoms with Crippen LogP contribution in [-0.2, 0) is 0 Å². The summed E-state index contributed by atoms with van der Waals surface area (Å²) in [4.78, 5) is 3.36. The van der Waals surface area contributed by atoms with Crippen LogP contribution < -0.4 is 5.01 Å². The van der Waals surface area contributed by atoms with Gasteiger partial charge in [0, 0.05) is 29.1 Å². The lowest BCUT2D eigenvalue weighted by atomic mass is 9.97. The number of aromatic amines is 1. The van der Waals surface area contributed by atoms with Gasteiger partial charge < -0.3 is 4.98 Å². The first-order valence-electron chi connectivity index (χ1n) is 9.55. The molecule has 1 N–H and O–H groups in total. The minimum Gasteiger partial charge on any atom is -0.360 e. The van der Waals surface area contributed by atoms with Gasteiger partial charge in [-0.15, -0.1) is 0 Å². The van der Waals surface area contributed by atoms with Gasteiger partial charge in [-0.1, -0.05) is 71.2 Å². The number of hydrogen-bond donors (Lipinski definition) is 1. The van der Waals surface area contributed by atoms with Crippen LogP contribution in [-0.4, -0.2) is 10.7 Å². The zero-order valence-electron chi connectivity index (χ0n) is 15.9. The average molecular weight is 420 g/mol. The van der Waals surface area contributed by atoms with Gasteiger partial charge >= 0.3 is 0 Å². The first-order valence-corrected chi connectivity index (χ1v) is 10.3. The molecule has 2 heterocycles. The minimum atomic E-state index is -0.0208. The fourth-order valence-electron chi connectivity index (χ4n) is 3.94. The fraction of sp³-hybridized carbons (Fsp3) is 0.125. The maximum absolute atomic E-state index is 6.60. The van der Waals surface area contributed by atoms with Crippen molar-refractivity contribution in [2.75, 3.05) is 5.01 Å². The van der Waals surface area contributed by atoms with Crippen LogP contribution >= 0.6 is 23.2 Å². The normalized spacial score (nSPS) is 16.4. The Morgan fingerprint density at radius 3 is 2.59 bits per heavy atom.